The number of imidazole rings is 1. The molecule has 2 aromatic heterocycles. The lowest BCUT2D eigenvalue weighted by Gasteiger charge is -2.17. The molecule has 0 amide bonds. The summed E-state index contributed by atoms with van der Waals surface area (Å²) in [4.78, 5) is 15.0. The molecule has 27 heavy (non-hydrogen) atoms. The van der Waals surface area contributed by atoms with Gasteiger partial charge in [0.2, 0.25) is 0 Å². The van der Waals surface area contributed by atoms with E-state index in [9.17, 15) is 10.1 Å². The Morgan fingerprint density at radius 1 is 1.07 bits per heavy atom. The van der Waals surface area contributed by atoms with E-state index < -0.39 is 11.2 Å². The molecule has 0 unspecified atom stereocenters. The van der Waals surface area contributed by atoms with Crippen LogP contribution in [-0.2, 0) is 9.47 Å². The molecular weight excluding hydrogens is 350 g/mol. The monoisotopic (exact) mass is 371 g/mol. The second-order valence-electron chi connectivity index (χ2n) is 5.71. The molecule has 0 aliphatic heterocycles. The number of rotatable bonds is 9. The SMILES string of the molecule is CCOC(COc1ccc(-c2cn3cc([N+](=O)[O-])ccc3n2)cc1)OCC. The standard InChI is InChI=1S/C19H21N3O5/c1-3-25-19(26-4-2)13-27-16-8-5-14(6-9-16)17-12-21-11-15(22(23)24)7-10-18(21)20-17/h5-12,19H,3-4,13H2,1-2H3. The zero-order valence-electron chi connectivity index (χ0n) is 15.2. The summed E-state index contributed by atoms with van der Waals surface area (Å²) in [6, 6.07) is 10.5. The average Bonchev–Trinajstić information content (AvgIpc) is 3.10. The third-order valence-electron chi connectivity index (χ3n) is 3.89. The molecule has 8 nitrogen and oxygen atoms in total. The van der Waals surface area contributed by atoms with Crippen molar-refractivity contribution in [3.8, 4) is 17.0 Å². The maximum absolute atomic E-state index is 10.9. The molecule has 142 valence electrons. The fourth-order valence-corrected chi connectivity index (χ4v) is 2.63. The Hall–Kier alpha value is -2.97. The summed E-state index contributed by atoms with van der Waals surface area (Å²) in [5.74, 6) is 0.697. The fourth-order valence-electron chi connectivity index (χ4n) is 2.63. The van der Waals surface area contributed by atoms with Gasteiger partial charge in [0.1, 0.15) is 18.0 Å². The van der Waals surface area contributed by atoms with E-state index in [-0.39, 0.29) is 5.69 Å². The van der Waals surface area contributed by atoms with Gasteiger partial charge in [-0.15, -0.1) is 0 Å². The second-order valence-corrected chi connectivity index (χ2v) is 5.71. The van der Waals surface area contributed by atoms with Crippen molar-refractivity contribution in [3.63, 3.8) is 0 Å². The van der Waals surface area contributed by atoms with Gasteiger partial charge >= 0.3 is 0 Å². The third kappa shape index (κ3) is 4.60. The molecule has 0 saturated carbocycles. The largest absolute Gasteiger partial charge is 0.488 e. The first-order valence-electron chi connectivity index (χ1n) is 8.70. The predicted molar refractivity (Wildman–Crippen MR) is 99.8 cm³/mol. The van der Waals surface area contributed by atoms with Gasteiger partial charge in [0.25, 0.3) is 5.69 Å². The maximum atomic E-state index is 10.9. The van der Waals surface area contributed by atoms with Crippen LogP contribution >= 0.6 is 0 Å². The van der Waals surface area contributed by atoms with Gasteiger partial charge in [-0.25, -0.2) is 4.98 Å². The van der Waals surface area contributed by atoms with Gasteiger partial charge < -0.3 is 14.2 Å². The first-order chi connectivity index (χ1) is 13.1. The molecule has 3 aromatic rings. The summed E-state index contributed by atoms with van der Waals surface area (Å²) in [7, 11) is 0. The number of pyridine rings is 1. The zero-order valence-corrected chi connectivity index (χ0v) is 15.2. The molecule has 1 aromatic carbocycles. The Kier molecular flexibility index (Phi) is 6.00. The van der Waals surface area contributed by atoms with Crippen LogP contribution in [0.2, 0.25) is 0 Å². The number of fused-ring (bicyclic) bond motifs is 1. The van der Waals surface area contributed by atoms with Crippen LogP contribution in [0.4, 0.5) is 5.69 Å². The van der Waals surface area contributed by atoms with Gasteiger partial charge in [-0.1, -0.05) is 0 Å². The first kappa shape index (κ1) is 18.8. The van der Waals surface area contributed by atoms with Gasteiger partial charge in [0.05, 0.1) is 16.8 Å². The summed E-state index contributed by atoms with van der Waals surface area (Å²) < 4.78 is 18.3. The highest BCUT2D eigenvalue weighted by Crippen LogP contribution is 2.23. The topological polar surface area (TPSA) is 88.1 Å². The predicted octanol–water partition coefficient (Wildman–Crippen LogP) is 3.69. The molecule has 0 saturated heterocycles. The van der Waals surface area contributed by atoms with Crippen LogP contribution in [0.3, 0.4) is 0 Å². The Bertz CT molecular complexity index is 901. The number of nitrogens with zero attached hydrogens (tertiary/aromatic N) is 3. The van der Waals surface area contributed by atoms with E-state index in [1.54, 1.807) is 16.7 Å². The quantitative estimate of drug-likeness (QED) is 0.324. The highest BCUT2D eigenvalue weighted by atomic mass is 16.7. The van der Waals surface area contributed by atoms with E-state index in [2.05, 4.69) is 4.98 Å². The number of aromatic nitrogens is 2. The number of hydrogen-bond donors (Lipinski definition) is 0. The summed E-state index contributed by atoms with van der Waals surface area (Å²) in [5.41, 5.74) is 2.28. The Balaban J connectivity index is 1.71. The van der Waals surface area contributed by atoms with Crippen molar-refractivity contribution in [3.05, 3.63) is 58.9 Å². The van der Waals surface area contributed by atoms with Crippen molar-refractivity contribution in [2.75, 3.05) is 19.8 Å². The molecule has 0 N–H and O–H groups in total. The molecule has 0 radical (unpaired) electrons. The third-order valence-corrected chi connectivity index (χ3v) is 3.89. The summed E-state index contributed by atoms with van der Waals surface area (Å²) in [6.07, 6.45) is 2.82. The Morgan fingerprint density at radius 2 is 1.78 bits per heavy atom. The van der Waals surface area contributed by atoms with E-state index in [0.29, 0.717) is 31.2 Å². The smallest absolute Gasteiger partial charge is 0.286 e. The minimum absolute atomic E-state index is 0.0216. The van der Waals surface area contributed by atoms with Crippen LogP contribution in [0.1, 0.15) is 13.8 Å². The van der Waals surface area contributed by atoms with Crippen molar-refractivity contribution in [1.82, 2.24) is 9.38 Å². The molecule has 0 aliphatic carbocycles. The number of ether oxygens (including phenoxy) is 3. The molecule has 0 fully saturated rings. The highest BCUT2D eigenvalue weighted by molar-refractivity contribution is 5.63. The van der Waals surface area contributed by atoms with Crippen molar-refractivity contribution in [2.24, 2.45) is 0 Å². The van der Waals surface area contributed by atoms with Crippen molar-refractivity contribution in [1.29, 1.82) is 0 Å². The summed E-state index contributed by atoms with van der Waals surface area (Å²) in [6.45, 7) is 5.23. The van der Waals surface area contributed by atoms with Gasteiger partial charge in [0, 0.05) is 31.0 Å². The van der Waals surface area contributed by atoms with Gasteiger partial charge in [-0.05, 0) is 44.2 Å². The molecule has 0 atom stereocenters. The molecule has 0 spiro atoms. The van der Waals surface area contributed by atoms with Gasteiger partial charge in [-0.3, -0.25) is 14.5 Å². The molecule has 8 heteroatoms. The van der Waals surface area contributed by atoms with Crippen LogP contribution in [-0.4, -0.2) is 40.4 Å². The average molecular weight is 371 g/mol. The molecule has 0 aliphatic rings. The number of benzene rings is 1. The zero-order chi connectivity index (χ0) is 19.2. The minimum Gasteiger partial charge on any atom is -0.488 e. The fraction of sp³-hybridized carbons (Fsp3) is 0.316. The lowest BCUT2D eigenvalue weighted by molar-refractivity contribution is -0.385. The van der Waals surface area contributed by atoms with E-state index in [4.69, 9.17) is 14.2 Å². The second kappa shape index (κ2) is 8.61. The van der Waals surface area contributed by atoms with Crippen LogP contribution < -0.4 is 4.74 Å². The van der Waals surface area contributed by atoms with Crippen molar-refractivity contribution >= 4 is 11.3 Å². The normalized spacial score (nSPS) is 11.2. The molecule has 3 rings (SSSR count). The Morgan fingerprint density at radius 3 is 2.41 bits per heavy atom. The number of nitro groups is 1. The van der Waals surface area contributed by atoms with E-state index >= 15 is 0 Å². The number of hydrogen-bond acceptors (Lipinski definition) is 6. The summed E-state index contributed by atoms with van der Waals surface area (Å²) >= 11 is 0. The van der Waals surface area contributed by atoms with E-state index in [1.807, 2.05) is 38.1 Å². The van der Waals surface area contributed by atoms with Crippen LogP contribution in [0, 0.1) is 10.1 Å². The minimum atomic E-state index is -0.428. The van der Waals surface area contributed by atoms with Crippen molar-refractivity contribution < 1.29 is 19.1 Å². The maximum Gasteiger partial charge on any atom is 0.286 e. The lowest BCUT2D eigenvalue weighted by atomic mass is 10.2. The van der Waals surface area contributed by atoms with Crippen molar-refractivity contribution in [2.45, 2.75) is 20.1 Å². The molecular formula is C19H21N3O5. The van der Waals surface area contributed by atoms with Crippen LogP contribution in [0.5, 0.6) is 5.75 Å². The lowest BCUT2D eigenvalue weighted by Crippen LogP contribution is -2.25. The van der Waals surface area contributed by atoms with E-state index in [1.165, 1.54) is 12.3 Å². The van der Waals surface area contributed by atoms with Gasteiger partial charge in [-0.2, -0.15) is 0 Å². The van der Waals surface area contributed by atoms with Gasteiger partial charge in [0.15, 0.2) is 6.29 Å². The summed E-state index contributed by atoms with van der Waals surface area (Å²) in [5, 5.41) is 10.9. The highest BCUT2D eigenvalue weighted by Gasteiger charge is 2.11. The molecule has 0 bridgehead atoms. The van der Waals surface area contributed by atoms with Crippen LogP contribution in [0.15, 0.2) is 48.8 Å². The Labute approximate surface area is 156 Å². The molecule has 2 heterocycles. The first-order valence-corrected chi connectivity index (χ1v) is 8.70. The van der Waals surface area contributed by atoms with Crippen LogP contribution in [0.25, 0.3) is 16.9 Å². The van der Waals surface area contributed by atoms with E-state index in [0.717, 1.165) is 11.3 Å².